The first kappa shape index (κ1) is 25.5. The van der Waals surface area contributed by atoms with Crippen LogP contribution in [0.3, 0.4) is 0 Å². The van der Waals surface area contributed by atoms with Crippen molar-refractivity contribution in [1.29, 1.82) is 0 Å². The molecule has 1 aromatic heterocycles. The van der Waals surface area contributed by atoms with Gasteiger partial charge < -0.3 is 14.6 Å². The summed E-state index contributed by atoms with van der Waals surface area (Å²) in [4.78, 5) is 17.5. The molecule has 0 radical (unpaired) electrons. The monoisotopic (exact) mass is 483 g/mol. The number of imidazole rings is 1. The van der Waals surface area contributed by atoms with Crippen LogP contribution in [0.25, 0.3) is 11.0 Å². The summed E-state index contributed by atoms with van der Waals surface area (Å²) in [5, 5.41) is 3.07. The molecule has 4 aromatic rings. The molecule has 0 unspecified atom stereocenters. The van der Waals surface area contributed by atoms with Crippen LogP contribution < -0.4 is 10.1 Å². The number of ether oxygens (including phenoxy) is 1. The SMILES string of the molecule is Cc1ccc(OCCCCn2c(CCCNC(=O)c3ccc(C)cc3C)nc3ccccc32)c(C)c1. The number of aromatic nitrogens is 2. The largest absolute Gasteiger partial charge is 0.493 e. The summed E-state index contributed by atoms with van der Waals surface area (Å²) in [6.07, 6.45) is 3.66. The van der Waals surface area contributed by atoms with Crippen molar-refractivity contribution in [3.05, 3.63) is 94.3 Å². The second kappa shape index (κ2) is 11.9. The maximum atomic E-state index is 12.6. The van der Waals surface area contributed by atoms with Gasteiger partial charge in [-0.25, -0.2) is 4.98 Å². The Morgan fingerprint density at radius 2 is 1.64 bits per heavy atom. The summed E-state index contributed by atoms with van der Waals surface area (Å²) in [6.45, 7) is 10.5. The Balaban J connectivity index is 1.30. The van der Waals surface area contributed by atoms with Crippen LogP contribution in [0.15, 0.2) is 60.7 Å². The van der Waals surface area contributed by atoms with Gasteiger partial charge in [-0.2, -0.15) is 0 Å². The van der Waals surface area contributed by atoms with Crippen LogP contribution in [-0.4, -0.2) is 28.6 Å². The molecule has 1 heterocycles. The lowest BCUT2D eigenvalue weighted by Gasteiger charge is -2.12. The van der Waals surface area contributed by atoms with E-state index in [2.05, 4.69) is 60.1 Å². The van der Waals surface area contributed by atoms with Crippen molar-refractivity contribution in [2.75, 3.05) is 13.2 Å². The molecule has 36 heavy (non-hydrogen) atoms. The van der Waals surface area contributed by atoms with Gasteiger partial charge in [0.25, 0.3) is 5.91 Å². The topological polar surface area (TPSA) is 56.1 Å². The highest BCUT2D eigenvalue weighted by Crippen LogP contribution is 2.20. The zero-order chi connectivity index (χ0) is 25.5. The smallest absolute Gasteiger partial charge is 0.251 e. The molecule has 5 nitrogen and oxygen atoms in total. The van der Waals surface area contributed by atoms with Crippen molar-refractivity contribution in [2.45, 2.75) is 59.9 Å². The van der Waals surface area contributed by atoms with Crippen molar-refractivity contribution >= 4 is 16.9 Å². The quantitative estimate of drug-likeness (QED) is 0.248. The maximum absolute atomic E-state index is 12.6. The van der Waals surface area contributed by atoms with E-state index in [0.29, 0.717) is 13.2 Å². The zero-order valence-electron chi connectivity index (χ0n) is 21.9. The van der Waals surface area contributed by atoms with Gasteiger partial charge in [-0.1, -0.05) is 47.5 Å². The lowest BCUT2D eigenvalue weighted by atomic mass is 10.1. The van der Waals surface area contributed by atoms with Gasteiger partial charge in [-0.05, 0) is 82.3 Å². The Morgan fingerprint density at radius 1 is 0.889 bits per heavy atom. The van der Waals surface area contributed by atoms with Gasteiger partial charge in [0.1, 0.15) is 11.6 Å². The lowest BCUT2D eigenvalue weighted by molar-refractivity contribution is 0.0952. The van der Waals surface area contributed by atoms with Crippen LogP contribution in [-0.2, 0) is 13.0 Å². The molecule has 0 atom stereocenters. The highest BCUT2D eigenvalue weighted by molar-refractivity contribution is 5.95. The van der Waals surface area contributed by atoms with Crippen molar-refractivity contribution in [3.63, 3.8) is 0 Å². The van der Waals surface area contributed by atoms with E-state index in [1.165, 1.54) is 22.2 Å². The van der Waals surface area contributed by atoms with E-state index in [9.17, 15) is 4.79 Å². The molecule has 3 aromatic carbocycles. The van der Waals surface area contributed by atoms with Crippen molar-refractivity contribution < 1.29 is 9.53 Å². The first-order valence-corrected chi connectivity index (χ1v) is 12.9. The van der Waals surface area contributed by atoms with Crippen LogP contribution in [0, 0.1) is 27.7 Å². The van der Waals surface area contributed by atoms with E-state index < -0.39 is 0 Å². The number of nitrogens with zero attached hydrogens (tertiary/aromatic N) is 2. The number of nitrogens with one attached hydrogen (secondary N) is 1. The Kier molecular flexibility index (Phi) is 8.42. The summed E-state index contributed by atoms with van der Waals surface area (Å²) < 4.78 is 8.35. The first-order chi connectivity index (χ1) is 17.4. The van der Waals surface area contributed by atoms with Crippen molar-refractivity contribution in [3.8, 4) is 5.75 Å². The minimum Gasteiger partial charge on any atom is -0.493 e. The van der Waals surface area contributed by atoms with E-state index in [1.54, 1.807) is 0 Å². The van der Waals surface area contributed by atoms with E-state index in [-0.39, 0.29) is 5.91 Å². The van der Waals surface area contributed by atoms with Gasteiger partial charge in [0, 0.05) is 25.1 Å². The molecule has 0 bridgehead atoms. The van der Waals surface area contributed by atoms with Gasteiger partial charge in [0.15, 0.2) is 0 Å². The molecule has 0 spiro atoms. The fourth-order valence-electron chi connectivity index (χ4n) is 4.69. The van der Waals surface area contributed by atoms with E-state index >= 15 is 0 Å². The van der Waals surface area contributed by atoms with Gasteiger partial charge in [0.05, 0.1) is 17.6 Å². The number of hydrogen-bond donors (Lipinski definition) is 1. The number of rotatable bonds is 11. The number of hydrogen-bond acceptors (Lipinski definition) is 3. The third kappa shape index (κ3) is 6.34. The molecule has 5 heteroatoms. The van der Waals surface area contributed by atoms with Gasteiger partial charge in [-0.3, -0.25) is 4.79 Å². The number of aryl methyl sites for hydroxylation is 6. The van der Waals surface area contributed by atoms with Crippen molar-refractivity contribution in [1.82, 2.24) is 14.9 Å². The number of carbonyl (C=O) groups is 1. The Bertz CT molecular complexity index is 1340. The zero-order valence-corrected chi connectivity index (χ0v) is 21.9. The Labute approximate surface area is 214 Å². The first-order valence-electron chi connectivity index (χ1n) is 12.9. The average Bonchev–Trinajstić information content (AvgIpc) is 3.20. The van der Waals surface area contributed by atoms with Gasteiger partial charge >= 0.3 is 0 Å². The Morgan fingerprint density at radius 3 is 2.42 bits per heavy atom. The highest BCUT2D eigenvalue weighted by Gasteiger charge is 2.12. The third-order valence-electron chi connectivity index (χ3n) is 6.59. The average molecular weight is 484 g/mol. The molecule has 0 saturated carbocycles. The number of carbonyl (C=O) groups excluding carboxylic acids is 1. The minimum absolute atomic E-state index is 0.00943. The molecule has 0 saturated heterocycles. The standard InChI is InChI=1S/C31H37N3O2/c1-22-13-15-26(24(3)20-22)31(35)32-17-9-12-30-33-27-10-5-6-11-28(27)34(30)18-7-8-19-36-29-16-14-23(2)21-25(29)4/h5-6,10-11,13-16,20-21H,7-9,12,17-19H2,1-4H3,(H,32,35). The molecule has 1 amide bonds. The molecule has 188 valence electrons. The lowest BCUT2D eigenvalue weighted by Crippen LogP contribution is -2.25. The number of amides is 1. The van der Waals surface area contributed by atoms with E-state index in [4.69, 9.17) is 9.72 Å². The number of benzene rings is 3. The molecular formula is C31H37N3O2. The predicted molar refractivity (Wildman–Crippen MR) is 147 cm³/mol. The molecular weight excluding hydrogens is 446 g/mol. The van der Waals surface area contributed by atoms with Gasteiger partial charge in [-0.15, -0.1) is 0 Å². The van der Waals surface area contributed by atoms with Crippen molar-refractivity contribution in [2.24, 2.45) is 0 Å². The highest BCUT2D eigenvalue weighted by atomic mass is 16.5. The second-order valence-electron chi connectivity index (χ2n) is 9.67. The summed E-state index contributed by atoms with van der Waals surface area (Å²) in [5.41, 5.74) is 7.55. The van der Waals surface area contributed by atoms with E-state index in [0.717, 1.165) is 60.4 Å². The molecule has 0 aliphatic carbocycles. The van der Waals surface area contributed by atoms with Crippen LogP contribution in [0.2, 0.25) is 0 Å². The van der Waals surface area contributed by atoms with Crippen LogP contribution in [0.4, 0.5) is 0 Å². The normalized spacial score (nSPS) is 11.1. The summed E-state index contributed by atoms with van der Waals surface area (Å²) in [7, 11) is 0. The summed E-state index contributed by atoms with van der Waals surface area (Å²) in [5.74, 6) is 2.04. The molecule has 4 rings (SSSR count). The minimum atomic E-state index is -0.00943. The number of para-hydroxylation sites is 2. The fraction of sp³-hybridized carbons (Fsp3) is 0.355. The summed E-state index contributed by atoms with van der Waals surface area (Å²) >= 11 is 0. The summed E-state index contributed by atoms with van der Waals surface area (Å²) in [6, 6.07) is 20.6. The number of unbranched alkanes of at least 4 members (excludes halogenated alkanes) is 1. The molecule has 1 N–H and O–H groups in total. The van der Waals surface area contributed by atoms with Crippen LogP contribution >= 0.6 is 0 Å². The second-order valence-corrected chi connectivity index (χ2v) is 9.67. The van der Waals surface area contributed by atoms with E-state index in [1.807, 2.05) is 38.1 Å². The molecule has 0 fully saturated rings. The van der Waals surface area contributed by atoms with Crippen LogP contribution in [0.1, 0.15) is 57.7 Å². The maximum Gasteiger partial charge on any atom is 0.251 e. The van der Waals surface area contributed by atoms with Gasteiger partial charge in [0.2, 0.25) is 0 Å². The molecule has 0 aliphatic heterocycles. The van der Waals surface area contributed by atoms with Crippen LogP contribution in [0.5, 0.6) is 5.75 Å². The predicted octanol–water partition coefficient (Wildman–Crippen LogP) is 6.49. The fourth-order valence-corrected chi connectivity index (χ4v) is 4.69. The Hall–Kier alpha value is -3.60. The third-order valence-corrected chi connectivity index (χ3v) is 6.59. The number of fused-ring (bicyclic) bond motifs is 1. The molecule has 0 aliphatic rings.